The van der Waals surface area contributed by atoms with E-state index in [2.05, 4.69) is 20.9 Å². The van der Waals surface area contributed by atoms with E-state index in [0.717, 1.165) is 22.1 Å². The number of rotatable bonds is 1. The monoisotopic (exact) mass is 309 g/mol. The molecule has 4 nitrogen and oxygen atoms in total. The highest BCUT2D eigenvalue weighted by Gasteiger charge is 2.19. The molecule has 0 fully saturated rings. The Bertz CT molecular complexity index is 678. The fraction of sp³-hybridized carbons (Fsp3) is 0.308. The van der Waals surface area contributed by atoms with Crippen molar-refractivity contribution in [3.8, 4) is 5.75 Å². The molecule has 0 spiro atoms. The number of aromatic nitrogens is 1. The second-order valence-corrected chi connectivity index (χ2v) is 5.07. The Morgan fingerprint density at radius 3 is 3.06 bits per heavy atom. The molecule has 0 bridgehead atoms. The lowest BCUT2D eigenvalue weighted by Crippen LogP contribution is -2.22. The first-order valence-corrected chi connectivity index (χ1v) is 6.49. The van der Waals surface area contributed by atoms with Crippen molar-refractivity contribution >= 4 is 26.8 Å². The molecule has 5 heteroatoms. The Kier molecular flexibility index (Phi) is 2.87. The predicted molar refractivity (Wildman–Crippen MR) is 72.2 cm³/mol. The zero-order chi connectivity index (χ0) is 12.7. The van der Waals surface area contributed by atoms with Gasteiger partial charge in [-0.2, -0.15) is 0 Å². The third-order valence-corrected chi connectivity index (χ3v) is 3.88. The number of halogens is 1. The Hall–Kier alpha value is -1.33. The quantitative estimate of drug-likeness (QED) is 0.880. The summed E-state index contributed by atoms with van der Waals surface area (Å²) in [5.74, 6) is 0.586. The van der Waals surface area contributed by atoms with Gasteiger partial charge < -0.3 is 14.5 Å². The van der Waals surface area contributed by atoms with Crippen LogP contribution in [0.15, 0.2) is 21.4 Å². The zero-order valence-electron chi connectivity index (χ0n) is 9.88. The van der Waals surface area contributed by atoms with Crippen molar-refractivity contribution in [3.05, 3.63) is 38.1 Å². The maximum Gasteiger partial charge on any atom is 0.198 e. The summed E-state index contributed by atoms with van der Waals surface area (Å²) in [6.07, 6.45) is 0.740. The molecule has 1 N–H and O–H groups in total. The molecule has 94 valence electrons. The summed E-state index contributed by atoms with van der Waals surface area (Å²) in [6, 6.07) is 3.67. The number of hydrogen-bond acceptors (Lipinski definition) is 3. The SMILES string of the molecule is COc1ccc(Br)c2[nH]c3c(c(=O)c12)COCC3. The number of benzene rings is 1. The molecular weight excluding hydrogens is 298 g/mol. The van der Waals surface area contributed by atoms with Gasteiger partial charge in [0.25, 0.3) is 0 Å². The van der Waals surface area contributed by atoms with Gasteiger partial charge in [0.1, 0.15) is 5.75 Å². The fourth-order valence-electron chi connectivity index (χ4n) is 2.30. The van der Waals surface area contributed by atoms with Gasteiger partial charge in [-0.05, 0) is 28.1 Å². The van der Waals surface area contributed by atoms with Crippen LogP contribution in [0.3, 0.4) is 0 Å². The highest BCUT2D eigenvalue weighted by atomic mass is 79.9. The number of methoxy groups -OCH3 is 1. The predicted octanol–water partition coefficient (Wildman–Crippen LogP) is 2.37. The lowest BCUT2D eigenvalue weighted by atomic mass is 10.0. The third-order valence-electron chi connectivity index (χ3n) is 3.22. The molecule has 1 aliphatic rings. The van der Waals surface area contributed by atoms with E-state index in [9.17, 15) is 4.79 Å². The van der Waals surface area contributed by atoms with E-state index < -0.39 is 0 Å². The number of nitrogens with one attached hydrogen (secondary N) is 1. The summed E-state index contributed by atoms with van der Waals surface area (Å²) in [4.78, 5) is 15.8. The Morgan fingerprint density at radius 1 is 1.44 bits per heavy atom. The van der Waals surface area contributed by atoms with Crippen LogP contribution in [0.2, 0.25) is 0 Å². The molecule has 0 saturated heterocycles. The number of ether oxygens (including phenoxy) is 2. The molecule has 3 rings (SSSR count). The molecule has 18 heavy (non-hydrogen) atoms. The summed E-state index contributed by atoms with van der Waals surface area (Å²) in [7, 11) is 1.57. The van der Waals surface area contributed by atoms with Crippen LogP contribution in [0, 0.1) is 0 Å². The molecule has 2 heterocycles. The molecule has 0 unspecified atom stereocenters. The Balaban J connectivity index is 2.45. The topological polar surface area (TPSA) is 51.3 Å². The molecule has 0 atom stereocenters. The van der Waals surface area contributed by atoms with E-state index in [1.165, 1.54) is 0 Å². The van der Waals surface area contributed by atoms with Gasteiger partial charge >= 0.3 is 0 Å². The first-order valence-electron chi connectivity index (χ1n) is 5.70. The minimum absolute atomic E-state index is 0.00315. The molecule has 1 aromatic carbocycles. The first-order chi connectivity index (χ1) is 8.72. The van der Waals surface area contributed by atoms with Gasteiger partial charge in [-0.1, -0.05) is 0 Å². The molecule has 1 aliphatic heterocycles. The van der Waals surface area contributed by atoms with Gasteiger partial charge in [-0.15, -0.1) is 0 Å². The van der Waals surface area contributed by atoms with Crippen molar-refractivity contribution in [1.29, 1.82) is 0 Å². The van der Waals surface area contributed by atoms with Gasteiger partial charge in [0.15, 0.2) is 5.43 Å². The van der Waals surface area contributed by atoms with Crippen LogP contribution in [0.25, 0.3) is 10.9 Å². The second kappa shape index (κ2) is 4.40. The standard InChI is InChI=1S/C13H12BrNO3/c1-17-10-3-2-8(14)12-11(10)13(16)7-6-18-5-4-9(7)15-12/h2-3H,4-6H2,1H3,(H,15,16). The molecule has 0 radical (unpaired) electrons. The van der Waals surface area contributed by atoms with Gasteiger partial charge in [0.2, 0.25) is 0 Å². The van der Waals surface area contributed by atoms with Crippen LogP contribution in [0.1, 0.15) is 11.3 Å². The Labute approximate surface area is 112 Å². The summed E-state index contributed by atoms with van der Waals surface area (Å²) < 4.78 is 11.5. The molecule has 1 aromatic heterocycles. The minimum atomic E-state index is -0.00315. The van der Waals surface area contributed by atoms with E-state index >= 15 is 0 Å². The van der Waals surface area contributed by atoms with Crippen LogP contribution in [0.5, 0.6) is 5.75 Å². The maximum atomic E-state index is 12.5. The van der Waals surface area contributed by atoms with E-state index in [4.69, 9.17) is 9.47 Å². The van der Waals surface area contributed by atoms with Gasteiger partial charge in [0, 0.05) is 22.2 Å². The molecule has 0 aliphatic carbocycles. The summed E-state index contributed by atoms with van der Waals surface area (Å²) in [5, 5.41) is 0.580. The van der Waals surface area contributed by atoms with Crippen LogP contribution in [0.4, 0.5) is 0 Å². The highest BCUT2D eigenvalue weighted by molar-refractivity contribution is 9.10. The summed E-state index contributed by atoms with van der Waals surface area (Å²) >= 11 is 3.47. The van der Waals surface area contributed by atoms with Crippen molar-refractivity contribution in [2.24, 2.45) is 0 Å². The van der Waals surface area contributed by atoms with Gasteiger partial charge in [0.05, 0.1) is 31.2 Å². The maximum absolute atomic E-state index is 12.5. The summed E-state index contributed by atoms with van der Waals surface area (Å²) in [6.45, 7) is 1.02. The fourth-order valence-corrected chi connectivity index (χ4v) is 2.73. The summed E-state index contributed by atoms with van der Waals surface area (Å²) in [5.41, 5.74) is 2.47. The lowest BCUT2D eigenvalue weighted by molar-refractivity contribution is 0.108. The van der Waals surface area contributed by atoms with Gasteiger partial charge in [-0.3, -0.25) is 4.79 Å². The van der Waals surface area contributed by atoms with Crippen molar-refractivity contribution in [2.75, 3.05) is 13.7 Å². The van der Waals surface area contributed by atoms with Crippen LogP contribution in [-0.4, -0.2) is 18.7 Å². The zero-order valence-corrected chi connectivity index (χ0v) is 11.5. The largest absolute Gasteiger partial charge is 0.496 e. The highest BCUT2D eigenvalue weighted by Crippen LogP contribution is 2.29. The number of aromatic amines is 1. The van der Waals surface area contributed by atoms with E-state index in [0.29, 0.717) is 29.9 Å². The van der Waals surface area contributed by atoms with Crippen molar-refractivity contribution in [1.82, 2.24) is 4.98 Å². The van der Waals surface area contributed by atoms with E-state index in [1.807, 2.05) is 6.07 Å². The van der Waals surface area contributed by atoms with Gasteiger partial charge in [-0.25, -0.2) is 0 Å². The van der Waals surface area contributed by atoms with E-state index in [-0.39, 0.29) is 5.43 Å². The normalized spacial score (nSPS) is 14.6. The number of pyridine rings is 1. The molecule has 0 amide bonds. The number of H-pyrrole nitrogens is 1. The second-order valence-electron chi connectivity index (χ2n) is 4.21. The van der Waals surface area contributed by atoms with Crippen molar-refractivity contribution < 1.29 is 9.47 Å². The lowest BCUT2D eigenvalue weighted by Gasteiger charge is -2.17. The van der Waals surface area contributed by atoms with Crippen LogP contribution < -0.4 is 10.2 Å². The third kappa shape index (κ3) is 1.66. The minimum Gasteiger partial charge on any atom is -0.496 e. The van der Waals surface area contributed by atoms with Crippen LogP contribution >= 0.6 is 15.9 Å². The van der Waals surface area contributed by atoms with Crippen LogP contribution in [-0.2, 0) is 17.8 Å². The molecule has 0 saturated carbocycles. The van der Waals surface area contributed by atoms with Crippen molar-refractivity contribution in [2.45, 2.75) is 13.0 Å². The smallest absolute Gasteiger partial charge is 0.198 e. The molecule has 2 aromatic rings. The Morgan fingerprint density at radius 2 is 2.28 bits per heavy atom. The molecular formula is C13H12BrNO3. The number of fused-ring (bicyclic) bond motifs is 2. The average molecular weight is 310 g/mol. The van der Waals surface area contributed by atoms with Crippen molar-refractivity contribution in [3.63, 3.8) is 0 Å². The first kappa shape index (κ1) is 11.7. The van der Waals surface area contributed by atoms with E-state index in [1.54, 1.807) is 13.2 Å². The number of hydrogen-bond donors (Lipinski definition) is 1. The average Bonchev–Trinajstić information content (AvgIpc) is 2.40.